The molecule has 5 rings (SSSR count). The molecule has 0 bridgehead atoms. The first-order chi connectivity index (χ1) is 23.2. The number of hydrogen-bond acceptors (Lipinski definition) is 3. The van der Waals surface area contributed by atoms with Crippen LogP contribution in [0.1, 0.15) is 61.1 Å². The molecular formula is C34H37F9N4O3. The van der Waals surface area contributed by atoms with Gasteiger partial charge in [0.15, 0.2) is 0 Å². The van der Waals surface area contributed by atoms with Crippen molar-refractivity contribution in [2.24, 2.45) is 11.8 Å². The first-order valence-electron chi connectivity index (χ1n) is 16.3. The van der Waals surface area contributed by atoms with E-state index in [2.05, 4.69) is 0 Å². The van der Waals surface area contributed by atoms with Crippen LogP contribution in [0.4, 0.5) is 50.0 Å². The summed E-state index contributed by atoms with van der Waals surface area (Å²) < 4.78 is 122. The number of halogens is 9. The number of amides is 4. The average molecular weight is 721 g/mol. The highest BCUT2D eigenvalue weighted by atomic mass is 19.4. The Kier molecular flexibility index (Phi) is 10.4. The number of likely N-dealkylation sites (N-methyl/N-ethyl adjacent to an activating group) is 1. The highest BCUT2D eigenvalue weighted by Gasteiger charge is 2.44. The molecule has 3 fully saturated rings. The Morgan fingerprint density at radius 1 is 0.740 bits per heavy atom. The van der Waals surface area contributed by atoms with Crippen LogP contribution in [0, 0.1) is 17.7 Å². The monoisotopic (exact) mass is 720 g/mol. The summed E-state index contributed by atoms with van der Waals surface area (Å²) in [6.45, 7) is 0.595. The molecule has 2 unspecified atom stereocenters. The second-order valence-corrected chi connectivity index (χ2v) is 13.4. The normalized spacial score (nSPS) is 22.1. The number of hydrogen-bond donors (Lipinski definition) is 0. The van der Waals surface area contributed by atoms with Crippen LogP contribution in [0.3, 0.4) is 0 Å². The minimum absolute atomic E-state index is 0.0250. The van der Waals surface area contributed by atoms with Gasteiger partial charge in [-0.25, -0.2) is 18.0 Å². The molecule has 2 heterocycles. The van der Waals surface area contributed by atoms with E-state index < -0.39 is 70.7 Å². The zero-order valence-corrected chi connectivity index (χ0v) is 27.3. The molecule has 0 N–H and O–H groups in total. The van der Waals surface area contributed by atoms with Gasteiger partial charge in [-0.2, -0.15) is 26.3 Å². The van der Waals surface area contributed by atoms with Gasteiger partial charge in [0.2, 0.25) is 17.7 Å². The van der Waals surface area contributed by atoms with Crippen LogP contribution in [0.15, 0.2) is 42.5 Å². The number of carbonyl (C=O) groups excluding carboxylic acids is 3. The van der Waals surface area contributed by atoms with Crippen LogP contribution < -0.4 is 4.90 Å². The summed E-state index contributed by atoms with van der Waals surface area (Å²) in [6, 6.07) is 4.50. The Morgan fingerprint density at radius 2 is 1.24 bits per heavy atom. The molecule has 0 spiro atoms. The van der Waals surface area contributed by atoms with Gasteiger partial charge in [0.1, 0.15) is 5.82 Å². The molecule has 0 radical (unpaired) electrons. The van der Waals surface area contributed by atoms with Crippen molar-refractivity contribution < 1.29 is 53.9 Å². The lowest BCUT2D eigenvalue weighted by Crippen LogP contribution is -2.48. The number of rotatable bonds is 5. The maximum absolute atomic E-state index is 13.8. The Labute approximate surface area is 283 Å². The summed E-state index contributed by atoms with van der Waals surface area (Å²) in [5.74, 6) is -5.31. The molecule has 1 aliphatic carbocycles. The lowest BCUT2D eigenvalue weighted by molar-refractivity contribution is -0.144. The third-order valence-corrected chi connectivity index (χ3v) is 10.2. The van der Waals surface area contributed by atoms with Crippen molar-refractivity contribution in [1.29, 1.82) is 0 Å². The maximum atomic E-state index is 13.8. The number of carbonyl (C=O) groups is 3. The number of urea groups is 1. The predicted octanol–water partition coefficient (Wildman–Crippen LogP) is 7.41. The van der Waals surface area contributed by atoms with Crippen LogP contribution in [0.5, 0.6) is 0 Å². The van der Waals surface area contributed by atoms with E-state index in [1.807, 2.05) is 0 Å². The summed E-state index contributed by atoms with van der Waals surface area (Å²) >= 11 is 0. The highest BCUT2D eigenvalue weighted by molar-refractivity contribution is 5.92. The van der Waals surface area contributed by atoms with Crippen LogP contribution in [-0.2, 0) is 21.9 Å². The molecule has 2 aromatic carbocycles. The largest absolute Gasteiger partial charge is 0.416 e. The number of benzene rings is 2. The van der Waals surface area contributed by atoms with E-state index in [1.165, 1.54) is 36.2 Å². The van der Waals surface area contributed by atoms with Crippen molar-refractivity contribution in [3.05, 3.63) is 65.0 Å². The summed E-state index contributed by atoms with van der Waals surface area (Å²) in [7, 11) is 2.38. The van der Waals surface area contributed by atoms with Crippen LogP contribution in [-0.4, -0.2) is 84.8 Å². The Hall–Kier alpha value is -3.98. The van der Waals surface area contributed by atoms with Crippen molar-refractivity contribution in [3.8, 4) is 0 Å². The third-order valence-electron chi connectivity index (χ3n) is 10.2. The zero-order valence-electron chi connectivity index (χ0n) is 27.3. The number of anilines is 1. The second kappa shape index (κ2) is 14.0. The summed E-state index contributed by atoms with van der Waals surface area (Å²) in [4.78, 5) is 45.4. The molecule has 1 saturated carbocycles. The number of alkyl halides is 8. The van der Waals surface area contributed by atoms with E-state index in [0.29, 0.717) is 35.4 Å². The first kappa shape index (κ1) is 37.3. The summed E-state index contributed by atoms with van der Waals surface area (Å²) in [5.41, 5.74) is -3.25. The minimum atomic E-state index is -5.12. The molecule has 2 atom stereocenters. The minimum Gasteiger partial charge on any atom is -0.342 e. The number of piperidine rings is 1. The van der Waals surface area contributed by atoms with E-state index in [1.54, 1.807) is 4.90 Å². The van der Waals surface area contributed by atoms with Crippen LogP contribution >= 0.6 is 0 Å². The molecule has 2 saturated heterocycles. The summed E-state index contributed by atoms with van der Waals surface area (Å²) in [5, 5.41) is 0. The molecular weight excluding hydrogens is 683 g/mol. The molecule has 0 aromatic heterocycles. The van der Waals surface area contributed by atoms with Crippen molar-refractivity contribution in [3.63, 3.8) is 0 Å². The van der Waals surface area contributed by atoms with Gasteiger partial charge in [-0.1, -0.05) is 12.1 Å². The molecule has 3 aliphatic rings. The fraction of sp³-hybridized carbons (Fsp3) is 0.559. The van der Waals surface area contributed by atoms with E-state index in [-0.39, 0.29) is 69.7 Å². The molecule has 2 aromatic rings. The van der Waals surface area contributed by atoms with Gasteiger partial charge in [-0.3, -0.25) is 14.5 Å². The smallest absolute Gasteiger partial charge is 0.342 e. The molecule has 50 heavy (non-hydrogen) atoms. The van der Waals surface area contributed by atoms with Crippen molar-refractivity contribution >= 4 is 23.5 Å². The summed E-state index contributed by atoms with van der Waals surface area (Å²) in [6.07, 6.45) is -10.1. The van der Waals surface area contributed by atoms with Crippen molar-refractivity contribution in [2.45, 2.75) is 68.8 Å². The van der Waals surface area contributed by atoms with Crippen LogP contribution in [0.2, 0.25) is 0 Å². The number of nitrogens with zero attached hydrogens (tertiary/aromatic N) is 4. The SMILES string of the molecule is CN(C(=O)N(C)C1CN(C(=O)C2CCN(C(=O)C3CCC(F)(F)CC3)CC2)CC1c1ccc(F)cc1)c1cc(C(F)(F)F)cc(C(F)(F)F)c1. The van der Waals surface area contributed by atoms with Gasteiger partial charge in [-0.05, 0) is 61.6 Å². The van der Waals surface area contributed by atoms with Gasteiger partial charge in [0, 0.05) is 76.6 Å². The van der Waals surface area contributed by atoms with Crippen molar-refractivity contribution in [1.82, 2.24) is 14.7 Å². The third kappa shape index (κ3) is 8.14. The molecule has 4 amide bonds. The highest BCUT2D eigenvalue weighted by Crippen LogP contribution is 2.40. The second-order valence-electron chi connectivity index (χ2n) is 13.4. The maximum Gasteiger partial charge on any atom is 0.416 e. The first-order valence-corrected chi connectivity index (χ1v) is 16.3. The lowest BCUT2D eigenvalue weighted by atomic mass is 9.85. The number of likely N-dealkylation sites (tertiary alicyclic amines) is 2. The standard InChI is InChI=1S/C34H37F9N4O3/c1-44(26-16-23(33(38,39)40)15-24(17-26)34(41,42)43)31(50)45(2)28-19-47(18-27(28)20-3-5-25(35)6-4-20)30(49)22-9-13-46(14-10-22)29(48)21-7-11-32(36,37)12-8-21/h3-6,15-17,21-22,27-28H,7-14,18-19H2,1-2H3. The average Bonchev–Trinajstić information content (AvgIpc) is 3.51. The fourth-order valence-electron chi connectivity index (χ4n) is 7.17. The molecule has 2 aliphatic heterocycles. The van der Waals surface area contributed by atoms with Gasteiger partial charge < -0.3 is 14.7 Å². The fourth-order valence-corrected chi connectivity index (χ4v) is 7.17. The molecule has 7 nitrogen and oxygen atoms in total. The Bertz CT molecular complexity index is 1530. The molecule has 274 valence electrons. The van der Waals surface area contributed by atoms with Crippen LogP contribution in [0.25, 0.3) is 0 Å². The lowest BCUT2D eigenvalue weighted by Gasteiger charge is -2.37. The van der Waals surface area contributed by atoms with E-state index in [9.17, 15) is 53.9 Å². The van der Waals surface area contributed by atoms with Crippen molar-refractivity contribution in [2.75, 3.05) is 45.2 Å². The van der Waals surface area contributed by atoms with E-state index in [0.717, 1.165) is 11.9 Å². The van der Waals surface area contributed by atoms with Gasteiger partial charge in [0.25, 0.3) is 0 Å². The Balaban J connectivity index is 1.31. The van der Waals surface area contributed by atoms with Gasteiger partial charge in [0.05, 0.1) is 17.2 Å². The van der Waals surface area contributed by atoms with E-state index in [4.69, 9.17) is 0 Å². The van der Waals surface area contributed by atoms with Gasteiger partial charge in [-0.15, -0.1) is 0 Å². The van der Waals surface area contributed by atoms with Gasteiger partial charge >= 0.3 is 18.4 Å². The quantitative estimate of drug-likeness (QED) is 0.303. The zero-order chi connectivity index (χ0) is 36.8. The molecule has 16 heteroatoms. The Morgan fingerprint density at radius 3 is 1.76 bits per heavy atom. The predicted molar refractivity (Wildman–Crippen MR) is 164 cm³/mol. The topological polar surface area (TPSA) is 64.2 Å². The van der Waals surface area contributed by atoms with E-state index >= 15 is 0 Å².